The molecule has 0 aliphatic rings. The third kappa shape index (κ3) is 8.77. The number of hydrogen-bond acceptors (Lipinski definition) is 4. The van der Waals surface area contributed by atoms with Crippen molar-refractivity contribution in [1.82, 2.24) is 4.90 Å². The van der Waals surface area contributed by atoms with E-state index in [0.29, 0.717) is 30.5 Å². The van der Waals surface area contributed by atoms with Gasteiger partial charge in [0.25, 0.3) is 0 Å². The first-order chi connectivity index (χ1) is 6.72. The number of nitrogens with zero attached hydrogens (tertiary/aromatic N) is 1. The van der Waals surface area contributed by atoms with Crippen LogP contribution in [0.5, 0.6) is 0 Å². The number of hydrogen-bond donors (Lipinski definition) is 1. The zero-order chi connectivity index (χ0) is 12.1. The van der Waals surface area contributed by atoms with E-state index in [0.717, 1.165) is 0 Å². The van der Waals surface area contributed by atoms with Crippen molar-refractivity contribution in [1.29, 1.82) is 0 Å². The molecule has 0 aromatic carbocycles. The number of rotatable bonds is 7. The minimum Gasteiger partial charge on any atom is -0.392 e. The van der Waals surface area contributed by atoms with Crippen LogP contribution in [0.2, 0.25) is 0 Å². The Kier molecular flexibility index (Phi) is 6.31. The smallest absolute Gasteiger partial charge is 0.147 e. The molecule has 0 aromatic heterocycles. The summed E-state index contributed by atoms with van der Waals surface area (Å²) in [7, 11) is -2.86. The van der Waals surface area contributed by atoms with E-state index in [1.54, 1.807) is 0 Å². The first-order valence-electron chi connectivity index (χ1n) is 4.92. The highest BCUT2D eigenvalue weighted by molar-refractivity contribution is 7.90. The number of thiocarbonyl (C=S) groups is 1. The average molecular weight is 252 g/mol. The summed E-state index contributed by atoms with van der Waals surface area (Å²) in [5.74, 6) is 0.216. The van der Waals surface area contributed by atoms with Crippen molar-refractivity contribution in [2.75, 3.05) is 25.1 Å². The van der Waals surface area contributed by atoms with Crippen LogP contribution in [0.1, 0.15) is 20.3 Å². The molecule has 90 valence electrons. The van der Waals surface area contributed by atoms with Crippen molar-refractivity contribution in [2.45, 2.75) is 26.3 Å². The maximum Gasteiger partial charge on any atom is 0.147 e. The second kappa shape index (κ2) is 6.40. The molecule has 2 N–H and O–H groups in total. The van der Waals surface area contributed by atoms with Gasteiger partial charge in [-0.15, -0.1) is 0 Å². The fourth-order valence-electron chi connectivity index (χ4n) is 1.25. The summed E-state index contributed by atoms with van der Waals surface area (Å²) in [5, 5.41) is 0. The largest absolute Gasteiger partial charge is 0.392 e. The maximum atomic E-state index is 10.9. The molecule has 6 heteroatoms. The van der Waals surface area contributed by atoms with Gasteiger partial charge in [0.05, 0.1) is 10.7 Å². The van der Waals surface area contributed by atoms with E-state index in [2.05, 4.69) is 4.90 Å². The van der Waals surface area contributed by atoms with Gasteiger partial charge in [0.2, 0.25) is 0 Å². The predicted octanol–water partition coefficient (Wildman–Crippen LogP) is 0.418. The molecule has 0 aliphatic carbocycles. The molecule has 0 heterocycles. The van der Waals surface area contributed by atoms with E-state index in [4.69, 9.17) is 18.0 Å². The van der Waals surface area contributed by atoms with Crippen LogP contribution < -0.4 is 5.73 Å². The quantitative estimate of drug-likeness (QED) is 0.665. The summed E-state index contributed by atoms with van der Waals surface area (Å²) in [5.41, 5.74) is 5.46. The van der Waals surface area contributed by atoms with E-state index in [1.165, 1.54) is 6.26 Å². The summed E-state index contributed by atoms with van der Waals surface area (Å²) in [6.07, 6.45) is 1.87. The molecular formula is C9H20N2O2S2. The van der Waals surface area contributed by atoms with Crippen LogP contribution in [0.4, 0.5) is 0 Å². The topological polar surface area (TPSA) is 63.4 Å². The van der Waals surface area contributed by atoms with Gasteiger partial charge in [0.1, 0.15) is 9.84 Å². The molecule has 0 saturated heterocycles. The second-order valence-electron chi connectivity index (χ2n) is 4.01. The van der Waals surface area contributed by atoms with Gasteiger partial charge in [0, 0.05) is 18.8 Å². The third-order valence-electron chi connectivity index (χ3n) is 2.05. The van der Waals surface area contributed by atoms with E-state index in [9.17, 15) is 8.42 Å². The van der Waals surface area contributed by atoms with Crippen LogP contribution in [0.25, 0.3) is 0 Å². The van der Waals surface area contributed by atoms with Gasteiger partial charge in [-0.25, -0.2) is 8.42 Å². The highest BCUT2D eigenvalue weighted by atomic mass is 32.2. The molecule has 0 fully saturated rings. The maximum absolute atomic E-state index is 10.9. The summed E-state index contributed by atoms with van der Waals surface area (Å²) in [6, 6.07) is 0.325. The Bertz CT molecular complexity index is 299. The number of sulfone groups is 1. The molecule has 0 aromatic rings. The van der Waals surface area contributed by atoms with Gasteiger partial charge in [-0.3, -0.25) is 4.90 Å². The van der Waals surface area contributed by atoms with Crippen molar-refractivity contribution in [3.8, 4) is 0 Å². The molecule has 0 unspecified atom stereocenters. The Morgan fingerprint density at radius 3 is 2.33 bits per heavy atom. The molecular weight excluding hydrogens is 232 g/mol. The molecule has 0 rings (SSSR count). The Hall–Kier alpha value is -0.200. The van der Waals surface area contributed by atoms with Crippen molar-refractivity contribution in [3.05, 3.63) is 0 Å². The van der Waals surface area contributed by atoms with Crippen LogP contribution in [-0.4, -0.2) is 49.4 Å². The lowest BCUT2D eigenvalue weighted by molar-refractivity contribution is 0.255. The van der Waals surface area contributed by atoms with E-state index in [1.807, 2.05) is 13.8 Å². The molecule has 0 amide bonds. The lowest BCUT2D eigenvalue weighted by Gasteiger charge is -2.25. The van der Waals surface area contributed by atoms with Gasteiger partial charge in [0.15, 0.2) is 0 Å². The van der Waals surface area contributed by atoms with Gasteiger partial charge < -0.3 is 5.73 Å². The van der Waals surface area contributed by atoms with Crippen LogP contribution in [-0.2, 0) is 9.84 Å². The monoisotopic (exact) mass is 252 g/mol. The first kappa shape index (κ1) is 14.8. The summed E-state index contributed by atoms with van der Waals surface area (Å²) >= 11 is 4.83. The lowest BCUT2D eigenvalue weighted by atomic mass is 10.3. The molecule has 0 radical (unpaired) electrons. The Morgan fingerprint density at radius 1 is 1.47 bits per heavy atom. The Morgan fingerprint density at radius 2 is 2.00 bits per heavy atom. The molecule has 0 atom stereocenters. The minimum atomic E-state index is -2.86. The van der Waals surface area contributed by atoms with E-state index >= 15 is 0 Å². The van der Waals surface area contributed by atoms with Crippen LogP contribution in [0.15, 0.2) is 0 Å². The highest BCUT2D eigenvalue weighted by Gasteiger charge is 2.11. The summed E-state index contributed by atoms with van der Waals surface area (Å²) < 4.78 is 21.9. The van der Waals surface area contributed by atoms with Crippen molar-refractivity contribution < 1.29 is 8.42 Å². The Labute approximate surface area is 97.7 Å². The van der Waals surface area contributed by atoms with Gasteiger partial charge in [-0.05, 0) is 26.8 Å². The molecule has 0 saturated carbocycles. The number of nitrogens with two attached hydrogens (primary N) is 1. The normalized spacial score (nSPS) is 12.3. The highest BCUT2D eigenvalue weighted by Crippen LogP contribution is 2.00. The predicted molar refractivity (Wildman–Crippen MR) is 67.8 cm³/mol. The molecule has 0 bridgehead atoms. The fraction of sp³-hybridized carbons (Fsp3) is 0.889. The Balaban J connectivity index is 4.03. The summed E-state index contributed by atoms with van der Waals surface area (Å²) in [6.45, 7) is 5.34. The van der Waals surface area contributed by atoms with Crippen molar-refractivity contribution in [2.24, 2.45) is 5.73 Å². The molecule has 0 spiro atoms. The zero-order valence-electron chi connectivity index (χ0n) is 9.56. The second-order valence-corrected chi connectivity index (χ2v) is 6.80. The minimum absolute atomic E-state index is 0.216. The molecule has 4 nitrogen and oxygen atoms in total. The SMILES string of the molecule is CC(C)N(CCCS(C)(=O)=O)CC(N)=S. The van der Waals surface area contributed by atoms with Crippen molar-refractivity contribution >= 4 is 27.0 Å². The molecule has 0 aliphatic heterocycles. The van der Waals surface area contributed by atoms with Crippen LogP contribution >= 0.6 is 12.2 Å². The zero-order valence-corrected chi connectivity index (χ0v) is 11.2. The van der Waals surface area contributed by atoms with Gasteiger partial charge in [-0.2, -0.15) is 0 Å². The molecule has 15 heavy (non-hydrogen) atoms. The third-order valence-corrected chi connectivity index (χ3v) is 3.21. The summed E-state index contributed by atoms with van der Waals surface area (Å²) in [4.78, 5) is 2.52. The van der Waals surface area contributed by atoms with Crippen LogP contribution in [0.3, 0.4) is 0 Å². The van der Waals surface area contributed by atoms with Gasteiger partial charge >= 0.3 is 0 Å². The van der Waals surface area contributed by atoms with E-state index in [-0.39, 0.29) is 5.75 Å². The first-order valence-corrected chi connectivity index (χ1v) is 7.39. The van der Waals surface area contributed by atoms with Crippen LogP contribution in [0, 0.1) is 0 Å². The average Bonchev–Trinajstić information content (AvgIpc) is 1.99. The fourth-order valence-corrected chi connectivity index (χ4v) is 2.07. The van der Waals surface area contributed by atoms with Crippen molar-refractivity contribution in [3.63, 3.8) is 0 Å². The standard InChI is InChI=1S/C9H20N2O2S2/c1-8(2)11(7-9(10)14)5-4-6-15(3,12)13/h8H,4-7H2,1-3H3,(H2,10,14). The van der Waals surface area contributed by atoms with Gasteiger partial charge in [-0.1, -0.05) is 12.2 Å². The lowest BCUT2D eigenvalue weighted by Crippen LogP contribution is -2.38. The van der Waals surface area contributed by atoms with E-state index < -0.39 is 9.84 Å².